The van der Waals surface area contributed by atoms with Crippen LogP contribution in [0, 0.1) is 11.8 Å². The first-order valence-electron chi connectivity index (χ1n) is 8.39. The Morgan fingerprint density at radius 3 is 2.81 bits per heavy atom. The maximum absolute atomic E-state index is 9.28. The summed E-state index contributed by atoms with van der Waals surface area (Å²) in [4.78, 5) is 2.62. The number of hydrogen-bond donors (Lipinski definition) is 2. The Morgan fingerprint density at radius 2 is 2.05 bits per heavy atom. The number of hydrogen-bond acceptors (Lipinski definition) is 3. The number of fused-ring (bicyclic) bond motifs is 1. The van der Waals surface area contributed by atoms with Gasteiger partial charge in [-0.1, -0.05) is 36.8 Å². The summed E-state index contributed by atoms with van der Waals surface area (Å²) in [5, 5.41) is 12.9. The Balaban J connectivity index is 1.60. The van der Waals surface area contributed by atoms with Gasteiger partial charge in [0, 0.05) is 31.7 Å². The van der Waals surface area contributed by atoms with E-state index in [-0.39, 0.29) is 12.6 Å². The van der Waals surface area contributed by atoms with Crippen molar-refractivity contribution >= 4 is 0 Å². The van der Waals surface area contributed by atoms with Gasteiger partial charge in [0.15, 0.2) is 0 Å². The van der Waals surface area contributed by atoms with Gasteiger partial charge in [-0.05, 0) is 37.2 Å². The lowest BCUT2D eigenvalue weighted by Crippen LogP contribution is -2.47. The average molecular weight is 288 g/mol. The van der Waals surface area contributed by atoms with Crippen molar-refractivity contribution in [3.8, 4) is 0 Å². The first-order chi connectivity index (χ1) is 10.3. The van der Waals surface area contributed by atoms with Gasteiger partial charge >= 0.3 is 0 Å². The van der Waals surface area contributed by atoms with Crippen molar-refractivity contribution in [3.63, 3.8) is 0 Å². The topological polar surface area (TPSA) is 35.5 Å². The largest absolute Gasteiger partial charge is 0.395 e. The Bertz CT molecular complexity index is 436. The molecule has 0 radical (unpaired) electrons. The smallest absolute Gasteiger partial charge is 0.0582 e. The van der Waals surface area contributed by atoms with Crippen molar-refractivity contribution < 1.29 is 5.11 Å². The van der Waals surface area contributed by atoms with Crippen LogP contribution in [0.4, 0.5) is 0 Å². The minimum Gasteiger partial charge on any atom is -0.395 e. The van der Waals surface area contributed by atoms with Gasteiger partial charge in [0.1, 0.15) is 0 Å². The molecule has 3 rings (SSSR count). The average Bonchev–Trinajstić information content (AvgIpc) is 2.91. The van der Waals surface area contributed by atoms with E-state index in [0.29, 0.717) is 6.04 Å². The zero-order valence-corrected chi connectivity index (χ0v) is 13.0. The van der Waals surface area contributed by atoms with Crippen LogP contribution in [0.1, 0.15) is 31.7 Å². The zero-order chi connectivity index (χ0) is 14.7. The van der Waals surface area contributed by atoms with Gasteiger partial charge in [-0.3, -0.25) is 4.90 Å². The maximum Gasteiger partial charge on any atom is 0.0582 e. The fraction of sp³-hybridized carbons (Fsp3) is 0.667. The summed E-state index contributed by atoms with van der Waals surface area (Å²) < 4.78 is 0. The van der Waals surface area contributed by atoms with E-state index < -0.39 is 0 Å². The molecule has 0 unspecified atom stereocenters. The molecule has 4 atom stereocenters. The SMILES string of the molecule is C[C@H](CO)N[C@@H]1CCC[C@@H]2CN(Cc3ccccc3)C[C@H]21. The number of nitrogens with zero attached hydrogens (tertiary/aromatic N) is 1. The van der Waals surface area contributed by atoms with E-state index in [4.69, 9.17) is 0 Å². The van der Waals surface area contributed by atoms with Crippen molar-refractivity contribution in [3.05, 3.63) is 35.9 Å². The van der Waals surface area contributed by atoms with Crippen LogP contribution in [-0.4, -0.2) is 41.8 Å². The Morgan fingerprint density at radius 1 is 1.24 bits per heavy atom. The lowest BCUT2D eigenvalue weighted by molar-refractivity contribution is 0.178. The summed E-state index contributed by atoms with van der Waals surface area (Å²) in [5.74, 6) is 1.60. The molecular formula is C18H28N2O. The molecule has 21 heavy (non-hydrogen) atoms. The van der Waals surface area contributed by atoms with E-state index in [9.17, 15) is 5.11 Å². The van der Waals surface area contributed by atoms with E-state index in [1.807, 2.05) is 0 Å². The van der Waals surface area contributed by atoms with Crippen LogP contribution in [-0.2, 0) is 6.54 Å². The number of rotatable bonds is 5. The monoisotopic (exact) mass is 288 g/mol. The maximum atomic E-state index is 9.28. The van der Waals surface area contributed by atoms with Crippen molar-refractivity contribution in [1.82, 2.24) is 10.2 Å². The fourth-order valence-corrected chi connectivity index (χ4v) is 4.16. The third kappa shape index (κ3) is 3.65. The highest BCUT2D eigenvalue weighted by molar-refractivity contribution is 5.15. The van der Waals surface area contributed by atoms with Gasteiger partial charge < -0.3 is 10.4 Å². The van der Waals surface area contributed by atoms with Gasteiger partial charge in [0.05, 0.1) is 6.61 Å². The zero-order valence-electron chi connectivity index (χ0n) is 13.0. The fourth-order valence-electron chi connectivity index (χ4n) is 4.16. The molecule has 2 fully saturated rings. The van der Waals surface area contributed by atoms with Gasteiger partial charge in [0.25, 0.3) is 0 Å². The molecule has 0 amide bonds. The molecule has 116 valence electrons. The normalized spacial score (nSPS) is 31.0. The van der Waals surface area contributed by atoms with Crippen LogP contribution >= 0.6 is 0 Å². The van der Waals surface area contributed by atoms with Crippen LogP contribution in [0.5, 0.6) is 0 Å². The van der Waals surface area contributed by atoms with Crippen molar-refractivity contribution in [2.45, 2.75) is 44.8 Å². The van der Waals surface area contributed by atoms with Crippen LogP contribution in [0.2, 0.25) is 0 Å². The molecule has 1 saturated carbocycles. The van der Waals surface area contributed by atoms with Crippen LogP contribution in [0.25, 0.3) is 0 Å². The Kier molecular flexibility index (Phi) is 4.94. The summed E-state index contributed by atoms with van der Waals surface area (Å²) in [7, 11) is 0. The van der Waals surface area contributed by atoms with E-state index in [1.54, 1.807) is 0 Å². The number of aliphatic hydroxyl groups excluding tert-OH is 1. The van der Waals surface area contributed by atoms with Gasteiger partial charge in [0.2, 0.25) is 0 Å². The second-order valence-corrected chi connectivity index (χ2v) is 6.89. The molecule has 3 heteroatoms. The van der Waals surface area contributed by atoms with Gasteiger partial charge in [-0.25, -0.2) is 0 Å². The number of nitrogens with one attached hydrogen (secondary N) is 1. The van der Waals surface area contributed by atoms with Crippen LogP contribution in [0.3, 0.4) is 0 Å². The number of likely N-dealkylation sites (tertiary alicyclic amines) is 1. The van der Waals surface area contributed by atoms with Gasteiger partial charge in [-0.15, -0.1) is 0 Å². The standard InChI is InChI=1S/C18H28N2O/c1-14(13-21)19-18-9-5-8-16-11-20(12-17(16)18)10-15-6-3-2-4-7-15/h2-4,6-7,14,16-19,21H,5,8-13H2,1H3/t14-,16-,17-,18-/m1/s1. The predicted molar refractivity (Wildman–Crippen MR) is 86.0 cm³/mol. The van der Waals surface area contributed by atoms with Crippen LogP contribution < -0.4 is 5.32 Å². The number of benzene rings is 1. The molecule has 1 aliphatic carbocycles. The first kappa shape index (κ1) is 15.0. The first-order valence-corrected chi connectivity index (χ1v) is 8.39. The highest BCUT2D eigenvalue weighted by Crippen LogP contribution is 2.37. The van der Waals surface area contributed by atoms with Crippen LogP contribution in [0.15, 0.2) is 30.3 Å². The summed E-state index contributed by atoms with van der Waals surface area (Å²) >= 11 is 0. The molecule has 2 N–H and O–H groups in total. The molecule has 3 nitrogen and oxygen atoms in total. The van der Waals surface area contributed by atoms with E-state index in [1.165, 1.54) is 37.9 Å². The summed E-state index contributed by atoms with van der Waals surface area (Å²) in [6.45, 7) is 5.85. The molecule has 1 aliphatic heterocycles. The minimum atomic E-state index is 0.219. The second kappa shape index (κ2) is 6.91. The molecule has 2 aliphatic rings. The molecule has 0 aromatic heterocycles. The molecule has 1 aromatic carbocycles. The Labute approximate surface area is 128 Å². The quantitative estimate of drug-likeness (QED) is 0.872. The van der Waals surface area contributed by atoms with Gasteiger partial charge in [-0.2, -0.15) is 0 Å². The highest BCUT2D eigenvalue weighted by Gasteiger charge is 2.40. The molecule has 0 bridgehead atoms. The summed E-state index contributed by atoms with van der Waals surface area (Å²) in [6.07, 6.45) is 3.97. The predicted octanol–water partition coefficient (Wildman–Crippen LogP) is 2.26. The Hall–Kier alpha value is -0.900. The summed E-state index contributed by atoms with van der Waals surface area (Å²) in [6, 6.07) is 11.6. The lowest BCUT2D eigenvalue weighted by atomic mass is 9.78. The van der Waals surface area contributed by atoms with E-state index >= 15 is 0 Å². The third-order valence-corrected chi connectivity index (χ3v) is 5.20. The molecule has 1 aromatic rings. The number of aliphatic hydroxyl groups is 1. The molecule has 0 spiro atoms. The van der Waals surface area contributed by atoms with Crippen molar-refractivity contribution in [1.29, 1.82) is 0 Å². The minimum absolute atomic E-state index is 0.219. The molecular weight excluding hydrogens is 260 g/mol. The molecule has 1 saturated heterocycles. The van der Waals surface area contributed by atoms with E-state index in [2.05, 4.69) is 47.5 Å². The highest BCUT2D eigenvalue weighted by atomic mass is 16.3. The van der Waals surface area contributed by atoms with Crippen molar-refractivity contribution in [2.75, 3.05) is 19.7 Å². The van der Waals surface area contributed by atoms with E-state index in [0.717, 1.165) is 18.4 Å². The lowest BCUT2D eigenvalue weighted by Gasteiger charge is -2.35. The third-order valence-electron chi connectivity index (χ3n) is 5.20. The molecule has 1 heterocycles. The van der Waals surface area contributed by atoms with Crippen molar-refractivity contribution in [2.24, 2.45) is 11.8 Å². The summed E-state index contributed by atoms with van der Waals surface area (Å²) in [5.41, 5.74) is 1.42. The second-order valence-electron chi connectivity index (χ2n) is 6.89.